The highest BCUT2D eigenvalue weighted by molar-refractivity contribution is 7.92. The SMILES string of the molecule is CCc1ccccc1N(CCC(=O)Nc1ccc(C)c(C)c1)S(C)(=O)=O. The third-order valence-corrected chi connectivity index (χ3v) is 5.55. The molecule has 0 aliphatic carbocycles. The van der Waals surface area contributed by atoms with Crippen molar-refractivity contribution in [2.24, 2.45) is 0 Å². The fraction of sp³-hybridized carbons (Fsp3) is 0.350. The molecule has 0 atom stereocenters. The number of nitrogens with zero attached hydrogens (tertiary/aromatic N) is 1. The first-order chi connectivity index (χ1) is 12.2. The van der Waals surface area contributed by atoms with Crippen LogP contribution in [0.3, 0.4) is 0 Å². The van der Waals surface area contributed by atoms with Crippen molar-refractivity contribution in [3.05, 3.63) is 59.2 Å². The minimum atomic E-state index is -3.48. The van der Waals surface area contributed by atoms with Crippen LogP contribution in [0.2, 0.25) is 0 Å². The van der Waals surface area contributed by atoms with Crippen LogP contribution in [-0.2, 0) is 21.2 Å². The van der Waals surface area contributed by atoms with Crippen molar-refractivity contribution in [2.75, 3.05) is 22.4 Å². The molecule has 0 unspecified atom stereocenters. The molecule has 5 nitrogen and oxygen atoms in total. The topological polar surface area (TPSA) is 66.5 Å². The van der Waals surface area contributed by atoms with Crippen LogP contribution in [0.25, 0.3) is 0 Å². The zero-order valence-corrected chi connectivity index (χ0v) is 16.6. The lowest BCUT2D eigenvalue weighted by Gasteiger charge is -2.24. The average Bonchev–Trinajstić information content (AvgIpc) is 2.57. The second-order valence-electron chi connectivity index (χ2n) is 6.41. The van der Waals surface area contributed by atoms with Crippen LogP contribution < -0.4 is 9.62 Å². The van der Waals surface area contributed by atoms with E-state index >= 15 is 0 Å². The Morgan fingerprint density at radius 2 is 1.77 bits per heavy atom. The molecule has 0 saturated carbocycles. The van der Waals surface area contributed by atoms with E-state index in [1.165, 1.54) is 10.6 Å². The van der Waals surface area contributed by atoms with E-state index < -0.39 is 10.0 Å². The van der Waals surface area contributed by atoms with Gasteiger partial charge in [-0.15, -0.1) is 0 Å². The van der Waals surface area contributed by atoms with Crippen molar-refractivity contribution in [1.29, 1.82) is 0 Å². The summed E-state index contributed by atoms with van der Waals surface area (Å²) >= 11 is 0. The predicted molar refractivity (Wildman–Crippen MR) is 107 cm³/mol. The highest BCUT2D eigenvalue weighted by Gasteiger charge is 2.20. The Kier molecular flexibility index (Phi) is 6.42. The van der Waals surface area contributed by atoms with Crippen LogP contribution in [-0.4, -0.2) is 27.1 Å². The number of hydrogen-bond donors (Lipinski definition) is 1. The van der Waals surface area contributed by atoms with E-state index in [9.17, 15) is 13.2 Å². The second kappa shape index (κ2) is 8.36. The van der Waals surface area contributed by atoms with Gasteiger partial charge in [0.05, 0.1) is 11.9 Å². The van der Waals surface area contributed by atoms with Gasteiger partial charge in [0.15, 0.2) is 0 Å². The monoisotopic (exact) mass is 374 g/mol. The molecule has 0 saturated heterocycles. The van der Waals surface area contributed by atoms with Gasteiger partial charge in [-0.1, -0.05) is 31.2 Å². The maximum absolute atomic E-state index is 12.3. The Balaban J connectivity index is 2.12. The molecule has 0 heterocycles. The number of benzene rings is 2. The minimum Gasteiger partial charge on any atom is -0.326 e. The molecule has 2 aromatic carbocycles. The third-order valence-electron chi connectivity index (χ3n) is 4.37. The number of aryl methyl sites for hydroxylation is 3. The molecule has 1 N–H and O–H groups in total. The standard InChI is InChI=1S/C20H26N2O3S/c1-5-17-8-6-7-9-19(17)22(26(4,24)25)13-12-20(23)21-18-11-10-15(2)16(3)14-18/h6-11,14H,5,12-13H2,1-4H3,(H,21,23). The largest absolute Gasteiger partial charge is 0.326 e. The Morgan fingerprint density at radius 3 is 2.38 bits per heavy atom. The molecule has 0 fully saturated rings. The minimum absolute atomic E-state index is 0.0814. The summed E-state index contributed by atoms with van der Waals surface area (Å²) in [5.74, 6) is -0.212. The molecular formula is C20H26N2O3S. The lowest BCUT2D eigenvalue weighted by Crippen LogP contribution is -2.33. The number of carbonyl (C=O) groups excluding carboxylic acids is 1. The maximum atomic E-state index is 12.3. The van der Waals surface area contributed by atoms with Crippen LogP contribution in [0.15, 0.2) is 42.5 Å². The number of amides is 1. The van der Waals surface area contributed by atoms with Crippen LogP contribution >= 0.6 is 0 Å². The summed E-state index contributed by atoms with van der Waals surface area (Å²) in [5, 5.41) is 2.84. The van der Waals surface area contributed by atoms with E-state index in [-0.39, 0.29) is 18.9 Å². The van der Waals surface area contributed by atoms with Crippen molar-refractivity contribution < 1.29 is 13.2 Å². The van der Waals surface area contributed by atoms with Gasteiger partial charge in [-0.25, -0.2) is 8.42 Å². The first-order valence-electron chi connectivity index (χ1n) is 8.65. The van der Waals surface area contributed by atoms with Crippen molar-refractivity contribution in [3.8, 4) is 0 Å². The van der Waals surface area contributed by atoms with E-state index in [0.29, 0.717) is 5.69 Å². The van der Waals surface area contributed by atoms with E-state index in [1.807, 2.05) is 57.2 Å². The smallest absolute Gasteiger partial charge is 0.232 e. The summed E-state index contributed by atoms with van der Waals surface area (Å²) in [7, 11) is -3.48. The summed E-state index contributed by atoms with van der Waals surface area (Å²) < 4.78 is 25.8. The van der Waals surface area contributed by atoms with Crippen molar-refractivity contribution >= 4 is 27.3 Å². The molecule has 0 aromatic heterocycles. The molecular weight excluding hydrogens is 348 g/mol. The van der Waals surface area contributed by atoms with Gasteiger partial charge >= 0.3 is 0 Å². The molecule has 0 radical (unpaired) electrons. The molecule has 6 heteroatoms. The predicted octanol–water partition coefficient (Wildman–Crippen LogP) is 3.66. The molecule has 1 amide bonds. The fourth-order valence-corrected chi connectivity index (χ4v) is 3.72. The second-order valence-corrected chi connectivity index (χ2v) is 8.32. The number of hydrogen-bond acceptors (Lipinski definition) is 3. The van der Waals surface area contributed by atoms with E-state index in [1.54, 1.807) is 6.07 Å². The molecule has 0 aliphatic heterocycles. The lowest BCUT2D eigenvalue weighted by atomic mass is 10.1. The van der Waals surface area contributed by atoms with E-state index in [0.717, 1.165) is 28.8 Å². The molecule has 26 heavy (non-hydrogen) atoms. The Hall–Kier alpha value is -2.34. The van der Waals surface area contributed by atoms with E-state index in [2.05, 4.69) is 5.32 Å². The van der Waals surface area contributed by atoms with Crippen LogP contribution in [0.4, 0.5) is 11.4 Å². The number of rotatable bonds is 7. The average molecular weight is 375 g/mol. The highest BCUT2D eigenvalue weighted by atomic mass is 32.2. The van der Waals surface area contributed by atoms with E-state index in [4.69, 9.17) is 0 Å². The summed E-state index contributed by atoms with van der Waals surface area (Å²) in [5.41, 5.74) is 4.54. The quantitative estimate of drug-likeness (QED) is 0.804. The Labute approximate surface area is 156 Å². The molecule has 0 spiro atoms. The van der Waals surface area contributed by atoms with Gasteiger partial charge in [-0.2, -0.15) is 0 Å². The Morgan fingerprint density at radius 1 is 1.08 bits per heavy atom. The third kappa shape index (κ3) is 5.08. The number of para-hydroxylation sites is 1. The molecule has 2 aromatic rings. The van der Waals surface area contributed by atoms with Crippen LogP contribution in [0.5, 0.6) is 0 Å². The maximum Gasteiger partial charge on any atom is 0.232 e. The number of anilines is 2. The van der Waals surface area contributed by atoms with Gasteiger partial charge in [-0.3, -0.25) is 9.10 Å². The zero-order valence-electron chi connectivity index (χ0n) is 15.7. The van der Waals surface area contributed by atoms with Crippen LogP contribution in [0.1, 0.15) is 30.0 Å². The van der Waals surface area contributed by atoms with Gasteiger partial charge in [0.1, 0.15) is 0 Å². The summed E-state index contributed by atoms with van der Waals surface area (Å²) in [6.07, 6.45) is 1.97. The number of carbonyl (C=O) groups is 1. The highest BCUT2D eigenvalue weighted by Crippen LogP contribution is 2.24. The fourth-order valence-electron chi connectivity index (χ4n) is 2.76. The first kappa shape index (κ1) is 20.0. The van der Waals surface area contributed by atoms with Gasteiger partial charge in [0.2, 0.25) is 15.9 Å². The normalized spacial score (nSPS) is 11.2. The van der Waals surface area contributed by atoms with Crippen molar-refractivity contribution in [3.63, 3.8) is 0 Å². The van der Waals surface area contributed by atoms with Gasteiger partial charge in [-0.05, 0) is 55.2 Å². The first-order valence-corrected chi connectivity index (χ1v) is 10.5. The van der Waals surface area contributed by atoms with Crippen LogP contribution in [0, 0.1) is 13.8 Å². The van der Waals surface area contributed by atoms with Gasteiger partial charge in [0.25, 0.3) is 0 Å². The summed E-state index contributed by atoms with van der Waals surface area (Å²) in [6, 6.07) is 13.1. The van der Waals surface area contributed by atoms with Crippen molar-refractivity contribution in [2.45, 2.75) is 33.6 Å². The molecule has 0 bridgehead atoms. The Bertz CT molecular complexity index is 892. The van der Waals surface area contributed by atoms with Gasteiger partial charge in [0, 0.05) is 18.7 Å². The molecule has 2 rings (SSSR count). The molecule has 0 aliphatic rings. The zero-order chi connectivity index (χ0) is 19.3. The number of nitrogens with one attached hydrogen (secondary N) is 1. The summed E-state index contributed by atoms with van der Waals surface area (Å²) in [6.45, 7) is 6.08. The number of sulfonamides is 1. The summed E-state index contributed by atoms with van der Waals surface area (Å²) in [4.78, 5) is 12.3. The van der Waals surface area contributed by atoms with Gasteiger partial charge < -0.3 is 5.32 Å². The molecule has 140 valence electrons. The lowest BCUT2D eigenvalue weighted by molar-refractivity contribution is -0.116. The van der Waals surface area contributed by atoms with Crippen molar-refractivity contribution in [1.82, 2.24) is 0 Å².